The van der Waals surface area contributed by atoms with Crippen LogP contribution in [0.15, 0.2) is 63.0 Å². The Balaban J connectivity index is 1.28. The van der Waals surface area contributed by atoms with Crippen LogP contribution in [0.4, 0.5) is 16.2 Å². The van der Waals surface area contributed by atoms with E-state index in [0.717, 1.165) is 11.1 Å². The van der Waals surface area contributed by atoms with Crippen molar-refractivity contribution in [2.24, 2.45) is 0 Å². The van der Waals surface area contributed by atoms with Crippen LogP contribution in [-0.2, 0) is 16.6 Å². The highest BCUT2D eigenvalue weighted by atomic mass is 35.5. The molecule has 190 valence electrons. The van der Waals surface area contributed by atoms with Gasteiger partial charge in [-0.1, -0.05) is 41.4 Å². The van der Waals surface area contributed by atoms with E-state index in [-0.39, 0.29) is 34.4 Å². The number of amides is 2. The molecule has 0 spiro atoms. The predicted molar refractivity (Wildman–Crippen MR) is 140 cm³/mol. The highest BCUT2D eigenvalue weighted by molar-refractivity contribution is 7.92. The van der Waals surface area contributed by atoms with Gasteiger partial charge in [0.25, 0.3) is 20.9 Å². The highest BCUT2D eigenvalue weighted by Crippen LogP contribution is 2.26. The first-order chi connectivity index (χ1) is 17.1. The molecule has 3 aromatic carbocycles. The third kappa shape index (κ3) is 6.06. The van der Waals surface area contributed by atoms with Crippen molar-refractivity contribution in [3.05, 3.63) is 85.1 Å². The molecule has 9 nitrogen and oxygen atoms in total. The molecule has 3 aromatic rings. The number of carbonyl (C=O) groups is 1. The molecule has 0 heterocycles. The van der Waals surface area contributed by atoms with Crippen molar-refractivity contribution in [1.29, 1.82) is 0 Å². The molecule has 0 bridgehead atoms. The SMILES string of the molecule is Cc1ccc(S(=O)(=O)Nc2c(NC3CCC(NC(=O)NCc4ccc(Cl)cc4)CC3)c(=O)c2=O)cc1. The fourth-order valence-corrected chi connectivity index (χ4v) is 5.35. The molecule has 1 saturated carbocycles. The van der Waals surface area contributed by atoms with Gasteiger partial charge in [0.05, 0.1) is 4.90 Å². The summed E-state index contributed by atoms with van der Waals surface area (Å²) in [4.78, 5) is 36.5. The van der Waals surface area contributed by atoms with E-state index in [2.05, 4.69) is 20.7 Å². The topological polar surface area (TPSA) is 133 Å². The number of hydrogen-bond acceptors (Lipinski definition) is 6. The van der Waals surface area contributed by atoms with Gasteiger partial charge >= 0.3 is 6.03 Å². The average molecular weight is 531 g/mol. The smallest absolute Gasteiger partial charge is 0.315 e. The molecule has 0 saturated heterocycles. The number of anilines is 2. The summed E-state index contributed by atoms with van der Waals surface area (Å²) in [6, 6.07) is 13.0. The summed E-state index contributed by atoms with van der Waals surface area (Å²) in [6.45, 7) is 2.21. The first-order valence-corrected chi connectivity index (χ1v) is 13.5. The van der Waals surface area contributed by atoms with E-state index in [1.165, 1.54) is 12.1 Å². The summed E-state index contributed by atoms with van der Waals surface area (Å²) >= 11 is 5.87. The second kappa shape index (κ2) is 10.7. The molecular weight excluding hydrogens is 504 g/mol. The minimum Gasteiger partial charge on any atom is -0.377 e. The summed E-state index contributed by atoms with van der Waals surface area (Å²) in [7, 11) is -4.00. The molecule has 0 atom stereocenters. The van der Waals surface area contributed by atoms with Crippen molar-refractivity contribution in [3.63, 3.8) is 0 Å². The second-order valence-corrected chi connectivity index (χ2v) is 11.1. The lowest BCUT2D eigenvalue weighted by atomic mass is 9.91. The number of urea groups is 1. The number of rotatable bonds is 8. The van der Waals surface area contributed by atoms with Crippen LogP contribution in [-0.4, -0.2) is 26.5 Å². The van der Waals surface area contributed by atoms with E-state index >= 15 is 0 Å². The van der Waals surface area contributed by atoms with Crippen LogP contribution in [0, 0.1) is 6.92 Å². The van der Waals surface area contributed by atoms with Crippen LogP contribution in [0.1, 0.15) is 36.8 Å². The first kappa shape index (κ1) is 25.7. The number of halogens is 1. The molecule has 0 aliphatic heterocycles. The van der Waals surface area contributed by atoms with Gasteiger partial charge in [-0.3, -0.25) is 14.3 Å². The standard InChI is InChI=1S/C25H27ClN4O5S/c1-15-2-12-20(13-3-15)36(34,35)30-22-21(23(31)24(22)32)28-18-8-10-19(11-9-18)29-25(33)27-14-16-4-6-17(26)7-5-16/h2-7,12-13,18-19,28,30H,8-11,14H2,1H3,(H2,27,29,33). The average Bonchev–Trinajstić information content (AvgIpc) is 2.87. The van der Waals surface area contributed by atoms with E-state index in [0.29, 0.717) is 37.3 Å². The number of sulfonamides is 1. The Bertz CT molecular complexity index is 1410. The Morgan fingerprint density at radius 3 is 2.11 bits per heavy atom. The number of nitrogens with one attached hydrogen (secondary N) is 4. The first-order valence-electron chi connectivity index (χ1n) is 11.6. The van der Waals surface area contributed by atoms with E-state index in [9.17, 15) is 22.8 Å². The molecule has 4 rings (SSSR count). The van der Waals surface area contributed by atoms with Gasteiger partial charge in [0.1, 0.15) is 11.4 Å². The van der Waals surface area contributed by atoms with Crippen LogP contribution in [0.25, 0.3) is 0 Å². The van der Waals surface area contributed by atoms with Crippen LogP contribution >= 0.6 is 11.6 Å². The second-order valence-electron chi connectivity index (χ2n) is 8.97. The summed E-state index contributed by atoms with van der Waals surface area (Å²) < 4.78 is 27.6. The van der Waals surface area contributed by atoms with Gasteiger partial charge < -0.3 is 16.0 Å². The normalized spacial score (nSPS) is 17.9. The maximum Gasteiger partial charge on any atom is 0.315 e. The molecule has 1 fully saturated rings. The molecule has 0 aromatic heterocycles. The van der Waals surface area contributed by atoms with Gasteiger partial charge in [-0.2, -0.15) is 0 Å². The lowest BCUT2D eigenvalue weighted by Gasteiger charge is -2.31. The molecule has 1 aliphatic rings. The number of benzene rings is 2. The molecule has 2 amide bonds. The van der Waals surface area contributed by atoms with Crippen molar-refractivity contribution >= 4 is 39.0 Å². The quantitative estimate of drug-likeness (QED) is 0.330. The highest BCUT2D eigenvalue weighted by Gasteiger charge is 2.29. The van der Waals surface area contributed by atoms with Gasteiger partial charge in [0, 0.05) is 23.7 Å². The molecule has 11 heteroatoms. The molecule has 1 aliphatic carbocycles. The van der Waals surface area contributed by atoms with Crippen molar-refractivity contribution in [2.75, 3.05) is 10.0 Å². The van der Waals surface area contributed by atoms with Crippen molar-refractivity contribution < 1.29 is 13.2 Å². The van der Waals surface area contributed by atoms with Crippen molar-refractivity contribution in [1.82, 2.24) is 10.6 Å². The maximum absolute atomic E-state index is 12.7. The lowest BCUT2D eigenvalue weighted by molar-refractivity contribution is 0.231. The van der Waals surface area contributed by atoms with Crippen molar-refractivity contribution in [3.8, 4) is 0 Å². The van der Waals surface area contributed by atoms with E-state index in [1.54, 1.807) is 24.3 Å². The zero-order valence-electron chi connectivity index (χ0n) is 19.6. The van der Waals surface area contributed by atoms with Crippen LogP contribution < -0.4 is 31.5 Å². The Hall–Kier alpha value is -3.37. The van der Waals surface area contributed by atoms with Gasteiger partial charge in [-0.05, 0) is 62.4 Å². The fourth-order valence-electron chi connectivity index (χ4n) is 4.14. The Morgan fingerprint density at radius 2 is 1.47 bits per heavy atom. The maximum atomic E-state index is 12.7. The molecular formula is C25H27ClN4O5S. The molecule has 0 unspecified atom stereocenters. The minimum absolute atomic E-state index is 0.00666. The van der Waals surface area contributed by atoms with Gasteiger partial charge in [0.2, 0.25) is 0 Å². The molecule has 0 radical (unpaired) electrons. The van der Waals surface area contributed by atoms with Crippen LogP contribution in [0.2, 0.25) is 5.02 Å². The molecule has 4 N–H and O–H groups in total. The Labute approximate surface area is 214 Å². The van der Waals surface area contributed by atoms with Crippen LogP contribution in [0.5, 0.6) is 0 Å². The third-order valence-corrected chi connectivity index (χ3v) is 7.87. The number of aryl methyl sites for hydroxylation is 1. The zero-order valence-corrected chi connectivity index (χ0v) is 21.2. The lowest BCUT2D eigenvalue weighted by Crippen LogP contribution is -2.46. The fraction of sp³-hybridized carbons (Fsp3) is 0.320. The largest absolute Gasteiger partial charge is 0.377 e. The van der Waals surface area contributed by atoms with Gasteiger partial charge in [0.15, 0.2) is 0 Å². The number of hydrogen-bond donors (Lipinski definition) is 4. The van der Waals surface area contributed by atoms with Gasteiger partial charge in [-0.25, -0.2) is 13.2 Å². The Morgan fingerprint density at radius 1 is 0.889 bits per heavy atom. The summed E-state index contributed by atoms with van der Waals surface area (Å²) in [5.41, 5.74) is -0.00617. The summed E-state index contributed by atoms with van der Waals surface area (Å²) in [5, 5.41) is 9.44. The monoisotopic (exact) mass is 530 g/mol. The van der Waals surface area contributed by atoms with Gasteiger partial charge in [-0.15, -0.1) is 0 Å². The van der Waals surface area contributed by atoms with E-state index < -0.39 is 20.9 Å². The number of carbonyl (C=O) groups excluding carboxylic acids is 1. The summed E-state index contributed by atoms with van der Waals surface area (Å²) in [6.07, 6.45) is 2.63. The summed E-state index contributed by atoms with van der Waals surface area (Å²) in [5.74, 6) is 0. The molecule has 36 heavy (non-hydrogen) atoms. The van der Waals surface area contributed by atoms with E-state index in [4.69, 9.17) is 11.6 Å². The Kier molecular flexibility index (Phi) is 7.65. The van der Waals surface area contributed by atoms with Crippen molar-refractivity contribution in [2.45, 2.75) is 56.1 Å². The van der Waals surface area contributed by atoms with E-state index in [1.807, 2.05) is 19.1 Å². The zero-order chi connectivity index (χ0) is 25.9. The third-order valence-electron chi connectivity index (χ3n) is 6.26. The van der Waals surface area contributed by atoms with Crippen LogP contribution in [0.3, 0.4) is 0 Å². The predicted octanol–water partition coefficient (Wildman–Crippen LogP) is 3.27. The minimum atomic E-state index is -4.00.